The van der Waals surface area contributed by atoms with Crippen LogP contribution >= 0.6 is 12.2 Å². The third-order valence-corrected chi connectivity index (χ3v) is 2.32. The van der Waals surface area contributed by atoms with Gasteiger partial charge >= 0.3 is 0 Å². The highest BCUT2D eigenvalue weighted by Gasteiger charge is 2.08. The number of methoxy groups -OCH3 is 1. The average Bonchev–Trinajstić information content (AvgIpc) is 2.35. The van der Waals surface area contributed by atoms with Crippen molar-refractivity contribution >= 4 is 23.1 Å². The van der Waals surface area contributed by atoms with Crippen molar-refractivity contribution in [3.8, 4) is 11.5 Å². The number of carbonyl (C=O) groups excluding carboxylic acids is 1. The average molecular weight is 254 g/mol. The summed E-state index contributed by atoms with van der Waals surface area (Å²) >= 11 is 4.86. The molecule has 0 aliphatic heterocycles. The minimum absolute atomic E-state index is 0.0702. The van der Waals surface area contributed by atoms with Gasteiger partial charge in [0.05, 0.1) is 7.11 Å². The van der Waals surface area contributed by atoms with Crippen molar-refractivity contribution < 1.29 is 14.3 Å². The van der Waals surface area contributed by atoms with Crippen LogP contribution in [0.15, 0.2) is 18.2 Å². The first-order chi connectivity index (χ1) is 8.08. The Balaban J connectivity index is 2.85. The SMILES string of the molecule is CNC(=O)COc1ccc(C(N)=S)cc1OC. The maximum atomic E-state index is 11.0. The van der Waals surface area contributed by atoms with Gasteiger partial charge in [-0.1, -0.05) is 12.2 Å². The lowest BCUT2D eigenvalue weighted by Crippen LogP contribution is -2.25. The van der Waals surface area contributed by atoms with Gasteiger partial charge in [-0.2, -0.15) is 0 Å². The normalized spacial score (nSPS) is 9.53. The second-order valence-electron chi connectivity index (χ2n) is 3.19. The van der Waals surface area contributed by atoms with Crippen LogP contribution in [0, 0.1) is 0 Å². The highest BCUT2D eigenvalue weighted by atomic mass is 32.1. The number of carbonyl (C=O) groups is 1. The molecule has 0 unspecified atom stereocenters. The summed E-state index contributed by atoms with van der Waals surface area (Å²) in [7, 11) is 3.05. The Hall–Kier alpha value is -1.82. The smallest absolute Gasteiger partial charge is 0.257 e. The molecule has 1 aromatic carbocycles. The number of likely N-dealkylation sites (N-methyl/N-ethyl adjacent to an activating group) is 1. The molecule has 0 bridgehead atoms. The molecule has 0 fully saturated rings. The minimum Gasteiger partial charge on any atom is -0.493 e. The van der Waals surface area contributed by atoms with E-state index in [2.05, 4.69) is 5.32 Å². The van der Waals surface area contributed by atoms with Crippen LogP contribution in [0.25, 0.3) is 0 Å². The number of thiocarbonyl (C=S) groups is 1. The highest BCUT2D eigenvalue weighted by Crippen LogP contribution is 2.27. The molecule has 0 radical (unpaired) electrons. The van der Waals surface area contributed by atoms with Crippen LogP contribution in [-0.4, -0.2) is 31.7 Å². The summed E-state index contributed by atoms with van der Waals surface area (Å²) in [5, 5.41) is 2.46. The lowest BCUT2D eigenvalue weighted by Gasteiger charge is -2.11. The Morgan fingerprint density at radius 2 is 2.18 bits per heavy atom. The molecule has 1 rings (SSSR count). The van der Waals surface area contributed by atoms with Crippen LogP contribution < -0.4 is 20.5 Å². The molecule has 1 amide bonds. The summed E-state index contributed by atoms with van der Waals surface area (Å²) in [6.07, 6.45) is 0. The van der Waals surface area contributed by atoms with Crippen molar-refractivity contribution in [1.29, 1.82) is 0 Å². The molecule has 3 N–H and O–H groups in total. The van der Waals surface area contributed by atoms with Gasteiger partial charge in [-0.3, -0.25) is 4.79 Å². The van der Waals surface area contributed by atoms with E-state index < -0.39 is 0 Å². The number of hydrogen-bond acceptors (Lipinski definition) is 4. The summed E-state index contributed by atoms with van der Waals surface area (Å²) < 4.78 is 10.4. The van der Waals surface area contributed by atoms with E-state index in [9.17, 15) is 4.79 Å². The molecule has 5 nitrogen and oxygen atoms in total. The van der Waals surface area contributed by atoms with Gasteiger partial charge in [-0.05, 0) is 18.2 Å². The van der Waals surface area contributed by atoms with Gasteiger partial charge in [0.25, 0.3) is 5.91 Å². The van der Waals surface area contributed by atoms with Crippen molar-refractivity contribution in [3.63, 3.8) is 0 Å². The Morgan fingerprint density at radius 3 is 2.71 bits per heavy atom. The van der Waals surface area contributed by atoms with Crippen LogP contribution in [0.5, 0.6) is 11.5 Å². The molecule has 17 heavy (non-hydrogen) atoms. The number of ether oxygens (including phenoxy) is 2. The monoisotopic (exact) mass is 254 g/mol. The fourth-order valence-electron chi connectivity index (χ4n) is 1.16. The second-order valence-corrected chi connectivity index (χ2v) is 3.63. The van der Waals surface area contributed by atoms with E-state index in [1.54, 1.807) is 25.2 Å². The molecule has 0 saturated carbocycles. The molecule has 6 heteroatoms. The maximum absolute atomic E-state index is 11.0. The van der Waals surface area contributed by atoms with Crippen LogP contribution in [0.2, 0.25) is 0 Å². The number of benzene rings is 1. The van der Waals surface area contributed by atoms with Crippen LogP contribution in [-0.2, 0) is 4.79 Å². The number of nitrogens with one attached hydrogen (secondary N) is 1. The molecule has 1 aromatic rings. The Morgan fingerprint density at radius 1 is 1.47 bits per heavy atom. The van der Waals surface area contributed by atoms with Gasteiger partial charge in [0.2, 0.25) is 0 Å². The third-order valence-electron chi connectivity index (χ3n) is 2.09. The third kappa shape index (κ3) is 3.60. The second kappa shape index (κ2) is 6.05. The fraction of sp³-hybridized carbons (Fsp3) is 0.273. The fourth-order valence-corrected chi connectivity index (χ4v) is 1.28. The molecule has 0 spiro atoms. The molecular formula is C11H14N2O3S. The summed E-state index contributed by atoms with van der Waals surface area (Å²) in [6.45, 7) is -0.0702. The number of rotatable bonds is 5. The van der Waals surface area contributed by atoms with Crippen molar-refractivity contribution in [2.45, 2.75) is 0 Å². The molecule has 92 valence electrons. The molecule has 0 saturated heterocycles. The highest BCUT2D eigenvalue weighted by molar-refractivity contribution is 7.80. The Labute approximate surface area is 105 Å². The first-order valence-electron chi connectivity index (χ1n) is 4.89. The van der Waals surface area contributed by atoms with Crippen LogP contribution in [0.1, 0.15) is 5.56 Å². The van der Waals surface area contributed by atoms with E-state index in [1.807, 2.05) is 0 Å². The van der Waals surface area contributed by atoms with Crippen molar-refractivity contribution in [2.24, 2.45) is 5.73 Å². The lowest BCUT2D eigenvalue weighted by molar-refractivity contribution is -0.122. The van der Waals surface area contributed by atoms with Gasteiger partial charge in [0, 0.05) is 12.6 Å². The van der Waals surface area contributed by atoms with E-state index >= 15 is 0 Å². The summed E-state index contributed by atoms with van der Waals surface area (Å²) in [4.78, 5) is 11.3. The topological polar surface area (TPSA) is 73.6 Å². The zero-order valence-electron chi connectivity index (χ0n) is 9.65. The molecule has 0 aliphatic rings. The van der Waals surface area contributed by atoms with Crippen molar-refractivity contribution in [3.05, 3.63) is 23.8 Å². The molecular weight excluding hydrogens is 240 g/mol. The number of hydrogen-bond donors (Lipinski definition) is 2. The van der Waals surface area contributed by atoms with E-state index in [0.717, 1.165) is 0 Å². The summed E-state index contributed by atoms with van der Waals surface area (Å²) in [5.41, 5.74) is 6.19. The predicted molar refractivity (Wildman–Crippen MR) is 68.4 cm³/mol. The van der Waals surface area contributed by atoms with Crippen molar-refractivity contribution in [1.82, 2.24) is 5.32 Å². The minimum atomic E-state index is -0.217. The standard InChI is InChI=1S/C11H14N2O3S/c1-13-10(14)6-16-8-4-3-7(11(12)17)5-9(8)15-2/h3-5H,6H2,1-2H3,(H2,12,17)(H,13,14). The first-order valence-corrected chi connectivity index (χ1v) is 5.30. The van der Waals surface area contributed by atoms with Gasteiger partial charge in [-0.25, -0.2) is 0 Å². The quantitative estimate of drug-likeness (QED) is 0.747. The van der Waals surface area contributed by atoms with E-state index in [0.29, 0.717) is 17.1 Å². The van der Waals surface area contributed by atoms with Gasteiger partial charge in [0.15, 0.2) is 18.1 Å². The molecule has 0 aromatic heterocycles. The Kier molecular flexibility index (Phi) is 4.71. The zero-order valence-corrected chi connectivity index (χ0v) is 10.5. The first kappa shape index (κ1) is 13.2. The largest absolute Gasteiger partial charge is 0.493 e. The van der Waals surface area contributed by atoms with Gasteiger partial charge < -0.3 is 20.5 Å². The van der Waals surface area contributed by atoms with Crippen LogP contribution in [0.4, 0.5) is 0 Å². The molecule has 0 heterocycles. The van der Waals surface area contributed by atoms with Gasteiger partial charge in [-0.15, -0.1) is 0 Å². The van der Waals surface area contributed by atoms with E-state index in [1.165, 1.54) is 7.11 Å². The summed E-state index contributed by atoms with van der Waals surface area (Å²) in [5.74, 6) is 0.737. The number of amides is 1. The van der Waals surface area contributed by atoms with E-state index in [-0.39, 0.29) is 17.5 Å². The predicted octanol–water partition coefficient (Wildman–Crippen LogP) is 0.454. The summed E-state index contributed by atoms with van der Waals surface area (Å²) in [6, 6.07) is 5.04. The zero-order chi connectivity index (χ0) is 12.8. The maximum Gasteiger partial charge on any atom is 0.257 e. The van der Waals surface area contributed by atoms with Gasteiger partial charge in [0.1, 0.15) is 4.99 Å². The van der Waals surface area contributed by atoms with Crippen LogP contribution in [0.3, 0.4) is 0 Å². The molecule has 0 aliphatic carbocycles. The number of nitrogens with two attached hydrogens (primary N) is 1. The van der Waals surface area contributed by atoms with Crippen molar-refractivity contribution in [2.75, 3.05) is 20.8 Å². The van der Waals surface area contributed by atoms with E-state index in [4.69, 9.17) is 27.4 Å². The Bertz CT molecular complexity index is 435. The molecule has 0 atom stereocenters. The lowest BCUT2D eigenvalue weighted by atomic mass is 10.2.